The standard InChI is InChI=1S/C16H18N2O9S/c19-11-1-2-12(20)17(11)8-9-3-5-16(6-4-9,15(23)24)18-13(21)7-10(14(18)22)28(25,26)27/h1-2,9-10H,3-8H2,(H,23,24)(H,25,26,27). The Morgan fingerprint density at radius 2 is 1.64 bits per heavy atom. The van der Waals surface area contributed by atoms with E-state index in [0.717, 1.165) is 17.1 Å². The van der Waals surface area contributed by atoms with Crippen LogP contribution >= 0.6 is 0 Å². The van der Waals surface area contributed by atoms with Gasteiger partial charge in [0.25, 0.3) is 27.8 Å². The first-order valence-electron chi connectivity index (χ1n) is 8.57. The molecular weight excluding hydrogens is 396 g/mol. The summed E-state index contributed by atoms with van der Waals surface area (Å²) in [6.45, 7) is 0.0932. The van der Waals surface area contributed by atoms with Crippen LogP contribution in [0.3, 0.4) is 0 Å². The molecule has 0 aromatic heterocycles. The number of nitrogens with zero attached hydrogens (tertiary/aromatic N) is 2. The monoisotopic (exact) mass is 414 g/mol. The molecule has 1 saturated carbocycles. The van der Waals surface area contributed by atoms with E-state index in [-0.39, 0.29) is 38.1 Å². The molecule has 11 nitrogen and oxygen atoms in total. The highest BCUT2D eigenvalue weighted by molar-refractivity contribution is 7.87. The average molecular weight is 414 g/mol. The molecule has 12 heteroatoms. The van der Waals surface area contributed by atoms with Gasteiger partial charge in [-0.15, -0.1) is 0 Å². The molecule has 3 rings (SSSR count). The topological polar surface area (TPSA) is 166 Å². The summed E-state index contributed by atoms with van der Waals surface area (Å²) in [6.07, 6.45) is 1.60. The lowest BCUT2D eigenvalue weighted by molar-refractivity contribution is -0.166. The lowest BCUT2D eigenvalue weighted by atomic mass is 9.75. The third-order valence-electron chi connectivity index (χ3n) is 5.56. The Hall–Kier alpha value is -2.60. The van der Waals surface area contributed by atoms with Gasteiger partial charge in [0, 0.05) is 18.7 Å². The van der Waals surface area contributed by atoms with Crippen LogP contribution in [0.4, 0.5) is 0 Å². The van der Waals surface area contributed by atoms with Gasteiger partial charge in [-0.25, -0.2) is 4.79 Å². The first-order chi connectivity index (χ1) is 13.0. The van der Waals surface area contributed by atoms with Gasteiger partial charge in [0.1, 0.15) is 5.54 Å². The lowest BCUT2D eigenvalue weighted by Gasteiger charge is -2.42. The van der Waals surface area contributed by atoms with Crippen molar-refractivity contribution in [2.75, 3.05) is 6.54 Å². The summed E-state index contributed by atoms with van der Waals surface area (Å²) in [5.74, 6) is -4.80. The first kappa shape index (κ1) is 20.1. The number of aliphatic carboxylic acids is 1. The largest absolute Gasteiger partial charge is 0.479 e. The van der Waals surface area contributed by atoms with Crippen molar-refractivity contribution in [1.82, 2.24) is 9.80 Å². The maximum absolute atomic E-state index is 12.4. The van der Waals surface area contributed by atoms with E-state index >= 15 is 0 Å². The summed E-state index contributed by atoms with van der Waals surface area (Å²) in [5.41, 5.74) is -1.92. The molecule has 2 N–H and O–H groups in total. The fourth-order valence-corrected chi connectivity index (χ4v) is 4.74. The molecule has 0 bridgehead atoms. The number of amides is 4. The Morgan fingerprint density at radius 1 is 1.11 bits per heavy atom. The van der Waals surface area contributed by atoms with E-state index in [1.165, 1.54) is 0 Å². The molecule has 1 atom stereocenters. The molecule has 2 fully saturated rings. The second kappa shape index (κ2) is 6.78. The molecule has 28 heavy (non-hydrogen) atoms. The number of imide groups is 2. The van der Waals surface area contributed by atoms with Crippen molar-refractivity contribution >= 4 is 39.7 Å². The SMILES string of the molecule is O=C1C=CC(=O)N1CC1CCC(C(=O)O)(N2C(=O)CC(S(=O)(=O)O)C2=O)CC1. The maximum atomic E-state index is 12.4. The van der Waals surface area contributed by atoms with Crippen molar-refractivity contribution < 1.29 is 42.0 Å². The molecule has 0 radical (unpaired) electrons. The van der Waals surface area contributed by atoms with E-state index < -0.39 is 56.9 Å². The van der Waals surface area contributed by atoms with E-state index in [1.807, 2.05) is 0 Å². The van der Waals surface area contributed by atoms with Crippen LogP contribution in [-0.4, -0.2) is 74.8 Å². The molecular formula is C16H18N2O9S. The highest BCUT2D eigenvalue weighted by Crippen LogP contribution is 2.40. The minimum absolute atomic E-state index is 0.0932. The van der Waals surface area contributed by atoms with Gasteiger partial charge in [0.15, 0.2) is 5.25 Å². The molecule has 1 saturated heterocycles. The van der Waals surface area contributed by atoms with Crippen LogP contribution in [0.1, 0.15) is 32.1 Å². The Balaban J connectivity index is 1.77. The number of carbonyl (C=O) groups excluding carboxylic acids is 4. The molecule has 0 aromatic carbocycles. The van der Waals surface area contributed by atoms with E-state index in [0.29, 0.717) is 4.90 Å². The van der Waals surface area contributed by atoms with E-state index in [2.05, 4.69) is 0 Å². The highest BCUT2D eigenvalue weighted by Gasteiger charge is 2.58. The van der Waals surface area contributed by atoms with Crippen molar-refractivity contribution in [2.45, 2.75) is 42.9 Å². The Labute approximate surface area is 159 Å². The van der Waals surface area contributed by atoms with Gasteiger partial charge >= 0.3 is 5.97 Å². The van der Waals surface area contributed by atoms with Crippen molar-refractivity contribution in [2.24, 2.45) is 5.92 Å². The number of carbonyl (C=O) groups is 5. The van der Waals surface area contributed by atoms with Crippen LogP contribution in [0, 0.1) is 5.92 Å². The minimum Gasteiger partial charge on any atom is -0.479 e. The summed E-state index contributed by atoms with van der Waals surface area (Å²) < 4.78 is 31.8. The normalized spacial score (nSPS) is 31.2. The zero-order chi connectivity index (χ0) is 20.9. The number of carboxylic acids is 1. The Bertz CT molecular complexity index is 881. The van der Waals surface area contributed by atoms with Gasteiger partial charge in [-0.3, -0.25) is 33.5 Å². The third-order valence-corrected chi connectivity index (χ3v) is 6.65. The number of hydrogen-bond acceptors (Lipinski definition) is 7. The second-order valence-electron chi connectivity index (χ2n) is 7.18. The molecule has 4 amide bonds. The minimum atomic E-state index is -4.84. The summed E-state index contributed by atoms with van der Waals surface area (Å²) in [6, 6.07) is 0. The van der Waals surface area contributed by atoms with Crippen molar-refractivity contribution in [3.63, 3.8) is 0 Å². The van der Waals surface area contributed by atoms with Crippen molar-refractivity contribution in [3.8, 4) is 0 Å². The fourth-order valence-electron chi connectivity index (χ4n) is 4.03. The number of carboxylic acid groups (broad SMARTS) is 1. The van der Waals surface area contributed by atoms with Crippen LogP contribution < -0.4 is 0 Å². The molecule has 2 aliphatic heterocycles. The van der Waals surface area contributed by atoms with Gasteiger partial charge in [0.2, 0.25) is 5.91 Å². The van der Waals surface area contributed by atoms with Gasteiger partial charge in [-0.05, 0) is 31.6 Å². The molecule has 0 spiro atoms. The van der Waals surface area contributed by atoms with Gasteiger partial charge in [-0.1, -0.05) is 0 Å². The number of rotatable bonds is 5. The Morgan fingerprint density at radius 3 is 2.07 bits per heavy atom. The van der Waals surface area contributed by atoms with E-state index in [4.69, 9.17) is 4.55 Å². The van der Waals surface area contributed by atoms with Crippen LogP contribution in [0.15, 0.2) is 12.2 Å². The van der Waals surface area contributed by atoms with Crippen LogP contribution in [-0.2, 0) is 34.1 Å². The van der Waals surface area contributed by atoms with Crippen LogP contribution in [0.2, 0.25) is 0 Å². The molecule has 0 aromatic rings. The van der Waals surface area contributed by atoms with Crippen molar-refractivity contribution in [1.29, 1.82) is 0 Å². The summed E-state index contributed by atoms with van der Waals surface area (Å²) in [4.78, 5) is 61.5. The van der Waals surface area contributed by atoms with Gasteiger partial charge in [0.05, 0.1) is 6.42 Å². The number of likely N-dealkylation sites (tertiary alicyclic amines) is 1. The van der Waals surface area contributed by atoms with Gasteiger partial charge < -0.3 is 5.11 Å². The zero-order valence-electron chi connectivity index (χ0n) is 14.6. The summed E-state index contributed by atoms with van der Waals surface area (Å²) in [7, 11) is -4.84. The molecule has 3 aliphatic rings. The second-order valence-corrected chi connectivity index (χ2v) is 8.77. The third kappa shape index (κ3) is 3.22. The molecule has 152 valence electrons. The number of hydrogen-bond donors (Lipinski definition) is 2. The zero-order valence-corrected chi connectivity index (χ0v) is 15.4. The predicted octanol–water partition coefficient (Wildman–Crippen LogP) is -1.06. The summed E-state index contributed by atoms with van der Waals surface area (Å²) in [5, 5.41) is 7.74. The van der Waals surface area contributed by atoms with Gasteiger partial charge in [-0.2, -0.15) is 8.42 Å². The lowest BCUT2D eigenvalue weighted by Crippen LogP contribution is -2.59. The average Bonchev–Trinajstić information content (AvgIpc) is 3.08. The molecule has 1 aliphatic carbocycles. The van der Waals surface area contributed by atoms with E-state index in [9.17, 15) is 37.5 Å². The predicted molar refractivity (Wildman–Crippen MR) is 90.0 cm³/mol. The Kier molecular flexibility index (Phi) is 4.88. The first-order valence-corrected chi connectivity index (χ1v) is 10.1. The quantitative estimate of drug-likeness (QED) is 0.421. The highest BCUT2D eigenvalue weighted by atomic mass is 32.2. The smallest absolute Gasteiger partial charge is 0.330 e. The van der Waals surface area contributed by atoms with Crippen molar-refractivity contribution in [3.05, 3.63) is 12.2 Å². The summed E-state index contributed by atoms with van der Waals surface area (Å²) >= 11 is 0. The maximum Gasteiger partial charge on any atom is 0.330 e. The molecule has 2 heterocycles. The van der Waals surface area contributed by atoms with Crippen LogP contribution in [0.5, 0.6) is 0 Å². The van der Waals surface area contributed by atoms with E-state index in [1.54, 1.807) is 0 Å². The fraction of sp³-hybridized carbons (Fsp3) is 0.562. The molecule has 1 unspecified atom stereocenters. The van der Waals surface area contributed by atoms with Crippen LogP contribution in [0.25, 0.3) is 0 Å².